The summed E-state index contributed by atoms with van der Waals surface area (Å²) >= 11 is 0. The van der Waals surface area contributed by atoms with Gasteiger partial charge < -0.3 is 9.30 Å². The summed E-state index contributed by atoms with van der Waals surface area (Å²) in [5, 5.41) is 13.3. The molecule has 1 fully saturated rings. The molecule has 1 saturated heterocycles. The van der Waals surface area contributed by atoms with Crippen molar-refractivity contribution in [2.75, 3.05) is 12.0 Å². The molecule has 0 saturated carbocycles. The SMILES string of the molecule is COc1cc([N+](=O)[O-])ccc1-n1cccc1C=C1C(=O)NC(=O)N(c2ccc(C)cc2)C1=O. The monoisotopic (exact) mass is 446 g/mol. The molecule has 4 rings (SSSR count). The van der Waals surface area contributed by atoms with Gasteiger partial charge in [-0.05, 0) is 43.3 Å². The third kappa shape index (κ3) is 3.97. The molecule has 10 heteroatoms. The van der Waals surface area contributed by atoms with Gasteiger partial charge in [0.15, 0.2) is 0 Å². The first-order chi connectivity index (χ1) is 15.8. The molecule has 1 aromatic heterocycles. The van der Waals surface area contributed by atoms with E-state index in [1.165, 1.54) is 31.4 Å². The van der Waals surface area contributed by atoms with Gasteiger partial charge in [0.1, 0.15) is 11.3 Å². The molecule has 10 nitrogen and oxygen atoms in total. The van der Waals surface area contributed by atoms with Gasteiger partial charge in [-0.2, -0.15) is 0 Å². The van der Waals surface area contributed by atoms with Gasteiger partial charge >= 0.3 is 6.03 Å². The van der Waals surface area contributed by atoms with E-state index in [4.69, 9.17) is 4.74 Å². The Balaban J connectivity index is 1.76. The van der Waals surface area contributed by atoms with Crippen LogP contribution in [0, 0.1) is 17.0 Å². The van der Waals surface area contributed by atoms with Crippen LogP contribution in [0.1, 0.15) is 11.3 Å². The van der Waals surface area contributed by atoms with Crippen molar-refractivity contribution in [3.8, 4) is 11.4 Å². The van der Waals surface area contributed by atoms with E-state index >= 15 is 0 Å². The topological polar surface area (TPSA) is 124 Å². The highest BCUT2D eigenvalue weighted by Gasteiger charge is 2.37. The fraction of sp³-hybridized carbons (Fsp3) is 0.0870. The van der Waals surface area contributed by atoms with E-state index in [1.54, 1.807) is 47.2 Å². The van der Waals surface area contributed by atoms with Crippen molar-refractivity contribution in [1.29, 1.82) is 0 Å². The Kier molecular flexibility index (Phi) is 5.49. The van der Waals surface area contributed by atoms with Crippen molar-refractivity contribution in [1.82, 2.24) is 9.88 Å². The summed E-state index contributed by atoms with van der Waals surface area (Å²) in [6, 6.07) is 13.3. The number of urea groups is 1. The van der Waals surface area contributed by atoms with E-state index in [9.17, 15) is 24.5 Å². The Morgan fingerprint density at radius 1 is 1.06 bits per heavy atom. The summed E-state index contributed by atoms with van der Waals surface area (Å²) in [4.78, 5) is 49.4. The highest BCUT2D eigenvalue weighted by atomic mass is 16.6. The Morgan fingerprint density at radius 3 is 2.45 bits per heavy atom. The summed E-state index contributed by atoms with van der Waals surface area (Å²) in [6.07, 6.45) is 3.01. The molecule has 0 unspecified atom stereocenters. The van der Waals surface area contributed by atoms with E-state index in [1.807, 2.05) is 6.92 Å². The number of aryl methyl sites for hydroxylation is 1. The van der Waals surface area contributed by atoms with E-state index in [-0.39, 0.29) is 17.0 Å². The molecular formula is C23H18N4O6. The lowest BCUT2D eigenvalue weighted by Gasteiger charge is -2.26. The maximum absolute atomic E-state index is 13.1. The van der Waals surface area contributed by atoms with Crippen LogP contribution in [0.3, 0.4) is 0 Å². The van der Waals surface area contributed by atoms with Crippen LogP contribution in [0.15, 0.2) is 66.4 Å². The van der Waals surface area contributed by atoms with Crippen molar-refractivity contribution in [3.63, 3.8) is 0 Å². The highest BCUT2D eigenvalue weighted by molar-refractivity contribution is 6.39. The van der Waals surface area contributed by atoms with Crippen molar-refractivity contribution in [3.05, 3.63) is 87.7 Å². The molecule has 0 aliphatic carbocycles. The molecule has 0 atom stereocenters. The molecule has 33 heavy (non-hydrogen) atoms. The Labute approximate surface area is 187 Å². The van der Waals surface area contributed by atoms with E-state index in [2.05, 4.69) is 5.32 Å². The number of anilines is 1. The van der Waals surface area contributed by atoms with Crippen molar-refractivity contribution >= 4 is 35.3 Å². The fourth-order valence-corrected chi connectivity index (χ4v) is 3.44. The normalized spacial score (nSPS) is 15.0. The lowest BCUT2D eigenvalue weighted by Crippen LogP contribution is -2.54. The number of nitrogens with zero attached hydrogens (tertiary/aromatic N) is 3. The molecule has 1 aliphatic heterocycles. The maximum Gasteiger partial charge on any atom is 0.335 e. The number of ether oxygens (including phenoxy) is 1. The molecule has 2 aromatic carbocycles. The summed E-state index contributed by atoms with van der Waals surface area (Å²) in [6.45, 7) is 1.87. The molecule has 0 bridgehead atoms. The quantitative estimate of drug-likeness (QED) is 0.277. The number of hydrogen-bond donors (Lipinski definition) is 1. The largest absolute Gasteiger partial charge is 0.494 e. The van der Waals surface area contributed by atoms with Gasteiger partial charge in [-0.1, -0.05) is 17.7 Å². The average Bonchev–Trinajstić information content (AvgIpc) is 3.25. The van der Waals surface area contributed by atoms with E-state index in [0.29, 0.717) is 17.1 Å². The molecule has 3 aromatic rings. The van der Waals surface area contributed by atoms with Crippen LogP contribution in [0.25, 0.3) is 11.8 Å². The second kappa shape index (κ2) is 8.42. The first-order valence-electron chi connectivity index (χ1n) is 9.78. The fourth-order valence-electron chi connectivity index (χ4n) is 3.44. The number of benzene rings is 2. The third-order valence-electron chi connectivity index (χ3n) is 5.10. The molecule has 1 N–H and O–H groups in total. The Bertz CT molecular complexity index is 1320. The minimum atomic E-state index is -0.835. The summed E-state index contributed by atoms with van der Waals surface area (Å²) in [5.41, 5.74) is 1.79. The van der Waals surface area contributed by atoms with Gasteiger partial charge in [-0.3, -0.25) is 25.0 Å². The number of nitro benzene ring substituents is 1. The van der Waals surface area contributed by atoms with Crippen LogP contribution in [0.4, 0.5) is 16.2 Å². The van der Waals surface area contributed by atoms with Gasteiger partial charge in [-0.25, -0.2) is 9.69 Å². The maximum atomic E-state index is 13.1. The first-order valence-corrected chi connectivity index (χ1v) is 9.78. The average molecular weight is 446 g/mol. The number of barbiturate groups is 1. The molecule has 0 radical (unpaired) electrons. The highest BCUT2D eigenvalue weighted by Crippen LogP contribution is 2.30. The zero-order valence-electron chi connectivity index (χ0n) is 17.6. The molecule has 0 spiro atoms. The summed E-state index contributed by atoms with van der Waals surface area (Å²) in [7, 11) is 1.38. The minimum Gasteiger partial charge on any atom is -0.494 e. The Morgan fingerprint density at radius 2 is 1.79 bits per heavy atom. The van der Waals surface area contributed by atoms with Gasteiger partial charge in [0.2, 0.25) is 0 Å². The number of amides is 4. The molecule has 166 valence electrons. The van der Waals surface area contributed by atoms with Crippen molar-refractivity contribution < 1.29 is 24.0 Å². The van der Waals surface area contributed by atoms with Gasteiger partial charge in [-0.15, -0.1) is 0 Å². The number of nitrogens with one attached hydrogen (secondary N) is 1. The van der Waals surface area contributed by atoms with E-state index in [0.717, 1.165) is 10.5 Å². The lowest BCUT2D eigenvalue weighted by atomic mass is 10.1. The number of nitro groups is 1. The number of rotatable bonds is 5. The second-order valence-electron chi connectivity index (χ2n) is 7.21. The standard InChI is InChI=1S/C23H18N4O6/c1-14-5-7-15(8-6-14)26-22(29)18(21(28)24-23(26)30)12-16-4-3-11-25(16)19-10-9-17(27(31)32)13-20(19)33-2/h3-13H,1-2H3,(H,24,28,30). The molecule has 1 aliphatic rings. The van der Waals surface area contributed by atoms with Gasteiger partial charge in [0, 0.05) is 18.0 Å². The lowest BCUT2D eigenvalue weighted by molar-refractivity contribution is -0.384. The number of carbonyl (C=O) groups is 3. The third-order valence-corrected chi connectivity index (χ3v) is 5.10. The predicted molar refractivity (Wildman–Crippen MR) is 119 cm³/mol. The van der Waals surface area contributed by atoms with Crippen LogP contribution in [0.2, 0.25) is 0 Å². The van der Waals surface area contributed by atoms with Gasteiger partial charge in [0.25, 0.3) is 17.5 Å². The summed E-state index contributed by atoms with van der Waals surface area (Å²) in [5.74, 6) is -1.36. The molecular weight excluding hydrogens is 428 g/mol. The number of non-ortho nitro benzene ring substituents is 1. The van der Waals surface area contributed by atoms with Crippen LogP contribution in [-0.4, -0.2) is 34.4 Å². The number of imide groups is 2. The number of aromatic nitrogens is 1. The smallest absolute Gasteiger partial charge is 0.335 e. The number of methoxy groups -OCH3 is 1. The van der Waals surface area contributed by atoms with E-state index < -0.39 is 22.8 Å². The van der Waals surface area contributed by atoms with Crippen LogP contribution >= 0.6 is 0 Å². The first kappa shape index (κ1) is 21.5. The number of hydrogen-bond acceptors (Lipinski definition) is 6. The van der Waals surface area contributed by atoms with Crippen LogP contribution in [-0.2, 0) is 9.59 Å². The zero-order chi connectivity index (χ0) is 23.7. The van der Waals surface area contributed by atoms with Crippen LogP contribution < -0.4 is 15.0 Å². The van der Waals surface area contributed by atoms with Crippen molar-refractivity contribution in [2.45, 2.75) is 6.92 Å². The predicted octanol–water partition coefficient (Wildman–Crippen LogP) is 3.37. The molecule has 4 amide bonds. The molecule has 2 heterocycles. The zero-order valence-corrected chi connectivity index (χ0v) is 17.6. The van der Waals surface area contributed by atoms with Gasteiger partial charge in [0.05, 0.1) is 29.5 Å². The Hall–Kier alpha value is -4.73. The van der Waals surface area contributed by atoms with Crippen LogP contribution in [0.5, 0.6) is 5.75 Å². The second-order valence-corrected chi connectivity index (χ2v) is 7.21. The minimum absolute atomic E-state index is 0.142. The summed E-state index contributed by atoms with van der Waals surface area (Å²) < 4.78 is 6.91. The van der Waals surface area contributed by atoms with Crippen molar-refractivity contribution in [2.24, 2.45) is 0 Å². The number of carbonyl (C=O) groups excluding carboxylic acids is 3.